The highest BCUT2D eigenvalue weighted by Crippen LogP contribution is 2.30. The van der Waals surface area contributed by atoms with Crippen LogP contribution in [0.5, 0.6) is 5.75 Å². The van der Waals surface area contributed by atoms with Gasteiger partial charge in [0.1, 0.15) is 23.8 Å². The first-order valence-electron chi connectivity index (χ1n) is 5.47. The summed E-state index contributed by atoms with van der Waals surface area (Å²) in [6.07, 6.45) is 0.961. The van der Waals surface area contributed by atoms with Crippen LogP contribution in [0, 0.1) is 5.82 Å². The lowest BCUT2D eigenvalue weighted by Crippen LogP contribution is -2.60. The van der Waals surface area contributed by atoms with Crippen LogP contribution in [-0.2, 0) is 4.74 Å². The molecule has 1 fully saturated rings. The topological polar surface area (TPSA) is 30.5 Å². The molecule has 17 heavy (non-hydrogen) atoms. The molecule has 1 aromatic carbocycles. The summed E-state index contributed by atoms with van der Waals surface area (Å²) in [6.45, 7) is 0. The van der Waals surface area contributed by atoms with Crippen molar-refractivity contribution in [2.45, 2.75) is 24.7 Å². The monoisotopic (exact) mass is 303 g/mol. The smallest absolute Gasteiger partial charge is 0.137 e. The van der Waals surface area contributed by atoms with Crippen LogP contribution in [0.15, 0.2) is 22.7 Å². The highest BCUT2D eigenvalue weighted by Gasteiger charge is 2.42. The first kappa shape index (κ1) is 12.8. The summed E-state index contributed by atoms with van der Waals surface area (Å²) in [7, 11) is 3.58. The summed E-state index contributed by atoms with van der Waals surface area (Å²) in [5.41, 5.74) is 0. The van der Waals surface area contributed by atoms with Gasteiger partial charge in [0.25, 0.3) is 0 Å². The minimum Gasteiger partial charge on any atom is -0.488 e. The number of hydrogen-bond donors (Lipinski definition) is 1. The van der Waals surface area contributed by atoms with E-state index in [0.717, 1.165) is 6.42 Å². The summed E-state index contributed by atoms with van der Waals surface area (Å²) in [5.74, 6) is 0.363. The van der Waals surface area contributed by atoms with Gasteiger partial charge in [-0.2, -0.15) is 0 Å². The Balaban J connectivity index is 2.00. The quantitative estimate of drug-likeness (QED) is 0.926. The van der Waals surface area contributed by atoms with E-state index in [9.17, 15) is 4.39 Å². The van der Waals surface area contributed by atoms with Crippen LogP contribution >= 0.6 is 15.9 Å². The summed E-state index contributed by atoms with van der Waals surface area (Å²) >= 11 is 3.14. The van der Waals surface area contributed by atoms with E-state index < -0.39 is 0 Å². The number of rotatable bonds is 4. The molecule has 0 saturated heterocycles. The molecule has 0 amide bonds. The Morgan fingerprint density at radius 1 is 1.47 bits per heavy atom. The van der Waals surface area contributed by atoms with Crippen LogP contribution in [0.1, 0.15) is 6.42 Å². The molecule has 94 valence electrons. The van der Waals surface area contributed by atoms with Gasteiger partial charge in [-0.1, -0.05) is 0 Å². The Labute approximate surface area is 108 Å². The van der Waals surface area contributed by atoms with E-state index in [2.05, 4.69) is 21.2 Å². The van der Waals surface area contributed by atoms with Gasteiger partial charge in [0.2, 0.25) is 0 Å². The van der Waals surface area contributed by atoms with Crippen molar-refractivity contribution in [1.82, 2.24) is 5.32 Å². The summed E-state index contributed by atoms with van der Waals surface area (Å²) in [4.78, 5) is 0. The molecule has 0 spiro atoms. The van der Waals surface area contributed by atoms with Gasteiger partial charge < -0.3 is 14.8 Å². The molecule has 0 radical (unpaired) electrons. The molecular weight excluding hydrogens is 289 g/mol. The Morgan fingerprint density at radius 3 is 2.82 bits per heavy atom. The van der Waals surface area contributed by atoms with Crippen molar-refractivity contribution < 1.29 is 13.9 Å². The molecule has 3 nitrogen and oxygen atoms in total. The van der Waals surface area contributed by atoms with E-state index in [1.54, 1.807) is 19.2 Å². The second-order valence-electron chi connectivity index (χ2n) is 4.06. The highest BCUT2D eigenvalue weighted by atomic mass is 79.9. The van der Waals surface area contributed by atoms with E-state index in [4.69, 9.17) is 9.47 Å². The minimum atomic E-state index is -0.289. The number of ether oxygens (including phenoxy) is 2. The van der Waals surface area contributed by atoms with Crippen molar-refractivity contribution in [3.8, 4) is 5.75 Å². The molecule has 3 unspecified atom stereocenters. The van der Waals surface area contributed by atoms with Crippen LogP contribution in [0.3, 0.4) is 0 Å². The van der Waals surface area contributed by atoms with E-state index in [1.807, 2.05) is 7.05 Å². The fourth-order valence-electron chi connectivity index (χ4n) is 2.02. The van der Waals surface area contributed by atoms with Crippen LogP contribution in [0.2, 0.25) is 0 Å². The second-order valence-corrected chi connectivity index (χ2v) is 4.92. The number of likely N-dealkylation sites (N-methyl/N-ethyl adjacent to an activating group) is 1. The van der Waals surface area contributed by atoms with Crippen molar-refractivity contribution in [1.29, 1.82) is 0 Å². The maximum absolute atomic E-state index is 13.1. The van der Waals surface area contributed by atoms with Gasteiger partial charge in [0, 0.05) is 19.6 Å². The van der Waals surface area contributed by atoms with Crippen LogP contribution in [0.25, 0.3) is 0 Å². The zero-order valence-electron chi connectivity index (χ0n) is 9.74. The number of hydrogen-bond acceptors (Lipinski definition) is 3. The first-order valence-corrected chi connectivity index (χ1v) is 6.26. The van der Waals surface area contributed by atoms with Gasteiger partial charge in [0.15, 0.2) is 0 Å². The number of benzene rings is 1. The third-order valence-electron chi connectivity index (χ3n) is 3.07. The molecule has 1 saturated carbocycles. The third-order valence-corrected chi connectivity index (χ3v) is 3.68. The number of nitrogens with one attached hydrogen (secondary N) is 1. The van der Waals surface area contributed by atoms with Crippen LogP contribution in [0.4, 0.5) is 4.39 Å². The molecule has 0 bridgehead atoms. The lowest BCUT2D eigenvalue weighted by molar-refractivity contribution is -0.0870. The van der Waals surface area contributed by atoms with Gasteiger partial charge in [-0.05, 0) is 41.2 Å². The molecule has 0 aliphatic heterocycles. The lowest BCUT2D eigenvalue weighted by Gasteiger charge is -2.42. The Kier molecular flexibility index (Phi) is 4.01. The summed E-state index contributed by atoms with van der Waals surface area (Å²) in [6, 6.07) is 4.97. The van der Waals surface area contributed by atoms with Gasteiger partial charge >= 0.3 is 0 Å². The number of methoxy groups -OCH3 is 1. The first-order chi connectivity index (χ1) is 8.15. The van der Waals surface area contributed by atoms with Gasteiger partial charge in [-0.3, -0.25) is 0 Å². The molecule has 1 N–H and O–H groups in total. The van der Waals surface area contributed by atoms with Crippen molar-refractivity contribution >= 4 is 15.9 Å². The fraction of sp³-hybridized carbons (Fsp3) is 0.500. The SMILES string of the molecule is CNC1CC(Oc2ccc(F)c(Br)c2)C1OC. The van der Waals surface area contributed by atoms with Crippen molar-refractivity contribution in [3.63, 3.8) is 0 Å². The molecule has 0 heterocycles. The van der Waals surface area contributed by atoms with Crippen molar-refractivity contribution in [3.05, 3.63) is 28.5 Å². The van der Waals surface area contributed by atoms with Crippen LogP contribution in [-0.4, -0.2) is 32.4 Å². The largest absolute Gasteiger partial charge is 0.488 e. The van der Waals surface area contributed by atoms with Gasteiger partial charge in [-0.25, -0.2) is 4.39 Å². The Bertz CT molecular complexity index is 402. The van der Waals surface area contributed by atoms with Crippen molar-refractivity contribution in [2.24, 2.45) is 0 Å². The average molecular weight is 304 g/mol. The Morgan fingerprint density at radius 2 is 2.24 bits per heavy atom. The zero-order valence-corrected chi connectivity index (χ0v) is 11.3. The van der Waals surface area contributed by atoms with E-state index >= 15 is 0 Å². The highest BCUT2D eigenvalue weighted by molar-refractivity contribution is 9.10. The van der Waals surface area contributed by atoms with Crippen molar-refractivity contribution in [2.75, 3.05) is 14.2 Å². The fourth-order valence-corrected chi connectivity index (χ4v) is 2.38. The molecule has 3 atom stereocenters. The average Bonchev–Trinajstić information content (AvgIpc) is 2.29. The van der Waals surface area contributed by atoms with E-state index in [0.29, 0.717) is 16.3 Å². The number of halogens is 2. The predicted octanol–water partition coefficient (Wildman–Crippen LogP) is 2.34. The van der Waals surface area contributed by atoms with E-state index in [1.165, 1.54) is 6.07 Å². The summed E-state index contributed by atoms with van der Waals surface area (Å²) in [5, 5.41) is 3.16. The minimum absolute atomic E-state index is 0.0230. The predicted molar refractivity (Wildman–Crippen MR) is 66.8 cm³/mol. The molecule has 0 aromatic heterocycles. The third kappa shape index (κ3) is 2.61. The molecule has 2 rings (SSSR count). The molecular formula is C12H15BrFNO2. The molecule has 1 aliphatic carbocycles. The maximum Gasteiger partial charge on any atom is 0.137 e. The second kappa shape index (κ2) is 5.33. The van der Waals surface area contributed by atoms with Gasteiger partial charge in [0.05, 0.1) is 4.47 Å². The zero-order chi connectivity index (χ0) is 12.4. The summed E-state index contributed by atoms with van der Waals surface area (Å²) < 4.78 is 24.6. The van der Waals surface area contributed by atoms with Gasteiger partial charge in [-0.15, -0.1) is 0 Å². The Hall–Kier alpha value is -0.650. The molecule has 1 aliphatic rings. The van der Waals surface area contributed by atoms with Crippen LogP contribution < -0.4 is 10.1 Å². The lowest BCUT2D eigenvalue weighted by atomic mass is 9.85. The molecule has 5 heteroatoms. The standard InChI is InChI=1S/C12H15BrFNO2/c1-15-10-6-11(12(10)16-2)17-7-3-4-9(14)8(13)5-7/h3-5,10-12,15H,6H2,1-2H3. The van der Waals surface area contributed by atoms with E-state index in [-0.39, 0.29) is 18.0 Å². The maximum atomic E-state index is 13.1. The normalized spacial score (nSPS) is 27.6. The molecule has 1 aromatic rings.